The van der Waals surface area contributed by atoms with Crippen LogP contribution in [0, 0.1) is 13.8 Å². The molecular formula is C22H22BrN3O2. The molecule has 0 saturated carbocycles. The van der Waals surface area contributed by atoms with E-state index in [-0.39, 0.29) is 5.91 Å². The van der Waals surface area contributed by atoms with Gasteiger partial charge in [0.05, 0.1) is 11.8 Å². The maximum atomic E-state index is 12.8. The summed E-state index contributed by atoms with van der Waals surface area (Å²) in [5.41, 5.74) is 6.17. The van der Waals surface area contributed by atoms with Crippen LogP contribution in [0.2, 0.25) is 0 Å². The van der Waals surface area contributed by atoms with Crippen LogP contribution in [0.5, 0.6) is 0 Å². The van der Waals surface area contributed by atoms with Crippen molar-refractivity contribution in [1.29, 1.82) is 0 Å². The molecule has 2 heterocycles. The van der Waals surface area contributed by atoms with Crippen molar-refractivity contribution in [2.24, 2.45) is 0 Å². The number of hydrogen-bond acceptors (Lipinski definition) is 3. The van der Waals surface area contributed by atoms with E-state index in [1.54, 1.807) is 10.7 Å². The van der Waals surface area contributed by atoms with Gasteiger partial charge >= 0.3 is 0 Å². The molecule has 0 spiro atoms. The van der Waals surface area contributed by atoms with E-state index < -0.39 is 6.10 Å². The molecule has 28 heavy (non-hydrogen) atoms. The van der Waals surface area contributed by atoms with Gasteiger partial charge in [-0.1, -0.05) is 40.2 Å². The molecule has 0 radical (unpaired) electrons. The number of fused-ring (bicyclic) bond motifs is 1. The number of rotatable bonds is 3. The Bertz CT molecular complexity index is 1060. The van der Waals surface area contributed by atoms with Crippen LogP contribution >= 0.6 is 15.9 Å². The summed E-state index contributed by atoms with van der Waals surface area (Å²) in [7, 11) is 0. The summed E-state index contributed by atoms with van der Waals surface area (Å²) in [4.78, 5) is 12.8. The molecule has 1 aliphatic rings. The Balaban J connectivity index is 1.64. The second kappa shape index (κ2) is 7.53. The summed E-state index contributed by atoms with van der Waals surface area (Å²) in [6.07, 6.45) is 1.02. The van der Waals surface area contributed by atoms with Crippen LogP contribution in [-0.2, 0) is 6.54 Å². The minimum Gasteiger partial charge on any atom is -0.387 e. The smallest absolute Gasteiger partial charge is 0.276 e. The number of aryl methyl sites for hydroxylation is 1. The SMILES string of the molecule is Cc1c(Br)cccc1-c1cccc(NC(=O)c2cc3n(n2)CCCC3O)c1C. The monoisotopic (exact) mass is 439 g/mol. The summed E-state index contributed by atoms with van der Waals surface area (Å²) in [5, 5.41) is 17.5. The number of aliphatic hydroxyl groups excluding tert-OH is 1. The molecule has 1 aliphatic heterocycles. The highest BCUT2D eigenvalue weighted by molar-refractivity contribution is 9.10. The van der Waals surface area contributed by atoms with Gasteiger partial charge in [-0.2, -0.15) is 5.10 Å². The van der Waals surface area contributed by atoms with E-state index in [0.717, 1.165) is 45.4 Å². The summed E-state index contributed by atoms with van der Waals surface area (Å²) in [6, 6.07) is 13.7. The van der Waals surface area contributed by atoms with E-state index in [2.05, 4.69) is 45.4 Å². The Labute approximate surface area is 172 Å². The predicted octanol–water partition coefficient (Wildman–Crippen LogP) is 5.01. The first-order chi connectivity index (χ1) is 13.5. The minimum atomic E-state index is -0.549. The molecule has 6 heteroatoms. The third-order valence-corrected chi connectivity index (χ3v) is 6.23. The third-order valence-electron chi connectivity index (χ3n) is 5.37. The molecule has 2 N–H and O–H groups in total. The molecule has 1 atom stereocenters. The number of carbonyl (C=O) groups is 1. The van der Waals surface area contributed by atoms with Gasteiger partial charge < -0.3 is 10.4 Å². The lowest BCUT2D eigenvalue weighted by atomic mass is 9.95. The molecule has 0 aliphatic carbocycles. The van der Waals surface area contributed by atoms with Crippen LogP contribution in [-0.4, -0.2) is 20.8 Å². The van der Waals surface area contributed by atoms with Crippen molar-refractivity contribution in [2.75, 3.05) is 5.32 Å². The first-order valence-electron chi connectivity index (χ1n) is 9.38. The van der Waals surface area contributed by atoms with Crippen molar-refractivity contribution in [3.8, 4) is 11.1 Å². The van der Waals surface area contributed by atoms with Gasteiger partial charge in [-0.15, -0.1) is 0 Å². The summed E-state index contributed by atoms with van der Waals surface area (Å²) >= 11 is 3.59. The molecule has 1 amide bonds. The van der Waals surface area contributed by atoms with Crippen LogP contribution in [0.4, 0.5) is 5.69 Å². The van der Waals surface area contributed by atoms with Gasteiger partial charge in [0.1, 0.15) is 0 Å². The number of aliphatic hydroxyl groups is 1. The largest absolute Gasteiger partial charge is 0.387 e. The molecule has 0 bridgehead atoms. The van der Waals surface area contributed by atoms with E-state index in [1.165, 1.54) is 0 Å². The van der Waals surface area contributed by atoms with Gasteiger partial charge in [0, 0.05) is 16.7 Å². The van der Waals surface area contributed by atoms with E-state index in [9.17, 15) is 9.90 Å². The van der Waals surface area contributed by atoms with Crippen LogP contribution in [0.15, 0.2) is 46.9 Å². The summed E-state index contributed by atoms with van der Waals surface area (Å²) in [6.45, 7) is 4.81. The Morgan fingerprint density at radius 3 is 2.64 bits per heavy atom. The topological polar surface area (TPSA) is 67.2 Å². The lowest BCUT2D eigenvalue weighted by Crippen LogP contribution is -2.16. The fourth-order valence-corrected chi connectivity index (χ4v) is 4.09. The molecule has 1 aromatic heterocycles. The molecule has 3 aromatic rings. The van der Waals surface area contributed by atoms with E-state index >= 15 is 0 Å². The number of nitrogens with zero attached hydrogens (tertiary/aromatic N) is 2. The highest BCUT2D eigenvalue weighted by Crippen LogP contribution is 2.34. The van der Waals surface area contributed by atoms with Gasteiger partial charge in [-0.05, 0) is 67.1 Å². The normalized spacial score (nSPS) is 15.9. The van der Waals surface area contributed by atoms with E-state index in [4.69, 9.17) is 0 Å². The number of aromatic nitrogens is 2. The van der Waals surface area contributed by atoms with Crippen LogP contribution in [0.1, 0.15) is 46.3 Å². The first kappa shape index (κ1) is 18.9. The Kier molecular flexibility index (Phi) is 5.08. The van der Waals surface area contributed by atoms with Crippen molar-refractivity contribution in [3.05, 3.63) is 69.5 Å². The standard InChI is InChI=1S/C22H22BrN3O2/c1-13-15(6-3-8-17(13)23)16-7-4-9-18(14(16)2)24-22(28)19-12-20-21(27)10-5-11-26(20)25-19/h3-4,6-9,12,21,27H,5,10-11H2,1-2H3,(H,24,28). The maximum absolute atomic E-state index is 12.8. The fourth-order valence-electron chi connectivity index (χ4n) is 3.72. The number of hydrogen-bond donors (Lipinski definition) is 2. The quantitative estimate of drug-likeness (QED) is 0.602. The Hall–Kier alpha value is -2.44. The van der Waals surface area contributed by atoms with Crippen molar-refractivity contribution in [2.45, 2.75) is 39.3 Å². The van der Waals surface area contributed by atoms with E-state index in [0.29, 0.717) is 17.8 Å². The van der Waals surface area contributed by atoms with Gasteiger partial charge in [0.2, 0.25) is 0 Å². The number of nitrogens with one attached hydrogen (secondary N) is 1. The number of halogens is 1. The van der Waals surface area contributed by atoms with Gasteiger partial charge in [-0.25, -0.2) is 0 Å². The van der Waals surface area contributed by atoms with Gasteiger partial charge in [-0.3, -0.25) is 9.48 Å². The zero-order chi connectivity index (χ0) is 19.8. The highest BCUT2D eigenvalue weighted by Gasteiger charge is 2.23. The van der Waals surface area contributed by atoms with Gasteiger partial charge in [0.25, 0.3) is 5.91 Å². The fraction of sp³-hybridized carbons (Fsp3) is 0.273. The molecule has 144 valence electrons. The molecular weight excluding hydrogens is 418 g/mol. The van der Waals surface area contributed by atoms with Crippen molar-refractivity contribution < 1.29 is 9.90 Å². The number of amides is 1. The van der Waals surface area contributed by atoms with Crippen molar-refractivity contribution in [1.82, 2.24) is 9.78 Å². The van der Waals surface area contributed by atoms with Gasteiger partial charge in [0.15, 0.2) is 5.69 Å². The lowest BCUT2D eigenvalue weighted by molar-refractivity contribution is 0.102. The average Bonchev–Trinajstić information content (AvgIpc) is 3.12. The van der Waals surface area contributed by atoms with Crippen LogP contribution < -0.4 is 5.32 Å². The summed E-state index contributed by atoms with van der Waals surface area (Å²) in [5.74, 6) is -0.264. The molecule has 0 saturated heterocycles. The zero-order valence-electron chi connectivity index (χ0n) is 15.9. The zero-order valence-corrected chi connectivity index (χ0v) is 17.5. The number of benzene rings is 2. The lowest BCUT2D eigenvalue weighted by Gasteiger charge is -2.18. The molecule has 0 fully saturated rings. The first-order valence-corrected chi connectivity index (χ1v) is 10.2. The summed E-state index contributed by atoms with van der Waals surface area (Å²) < 4.78 is 2.79. The molecule has 2 aromatic carbocycles. The Morgan fingerprint density at radius 2 is 1.89 bits per heavy atom. The van der Waals surface area contributed by atoms with E-state index in [1.807, 2.05) is 31.2 Å². The van der Waals surface area contributed by atoms with Crippen LogP contribution in [0.25, 0.3) is 11.1 Å². The maximum Gasteiger partial charge on any atom is 0.276 e. The minimum absolute atomic E-state index is 0.264. The van der Waals surface area contributed by atoms with Crippen molar-refractivity contribution >= 4 is 27.5 Å². The second-order valence-corrected chi connectivity index (χ2v) is 8.03. The van der Waals surface area contributed by atoms with Crippen molar-refractivity contribution in [3.63, 3.8) is 0 Å². The highest BCUT2D eigenvalue weighted by atomic mass is 79.9. The molecule has 1 unspecified atom stereocenters. The number of anilines is 1. The molecule has 4 rings (SSSR count). The number of carbonyl (C=O) groups excluding carboxylic acids is 1. The third kappa shape index (κ3) is 3.38. The molecule has 5 nitrogen and oxygen atoms in total. The second-order valence-electron chi connectivity index (χ2n) is 7.18. The Morgan fingerprint density at radius 1 is 1.18 bits per heavy atom. The predicted molar refractivity (Wildman–Crippen MR) is 113 cm³/mol. The average molecular weight is 440 g/mol. The van der Waals surface area contributed by atoms with Crippen LogP contribution in [0.3, 0.4) is 0 Å².